The van der Waals surface area contributed by atoms with E-state index in [0.29, 0.717) is 23.5 Å². The van der Waals surface area contributed by atoms with Gasteiger partial charge in [0.05, 0.1) is 12.0 Å². The summed E-state index contributed by atoms with van der Waals surface area (Å²) < 4.78 is 3.73. The summed E-state index contributed by atoms with van der Waals surface area (Å²) in [6.07, 6.45) is 7.13. The normalized spacial score (nSPS) is 16.4. The van der Waals surface area contributed by atoms with E-state index in [2.05, 4.69) is 37.1 Å². The molecular weight excluding hydrogens is 462 g/mol. The second-order valence-corrected chi connectivity index (χ2v) is 9.06. The van der Waals surface area contributed by atoms with Crippen LogP contribution in [0.3, 0.4) is 0 Å². The average Bonchev–Trinajstić information content (AvgIpc) is 3.52. The molecule has 0 spiro atoms. The van der Waals surface area contributed by atoms with Crippen LogP contribution in [0.25, 0.3) is 22.4 Å². The Kier molecular flexibility index (Phi) is 5.86. The van der Waals surface area contributed by atoms with Crippen LogP contribution >= 0.6 is 0 Å². The lowest BCUT2D eigenvalue weighted by molar-refractivity contribution is -0.118. The van der Waals surface area contributed by atoms with E-state index in [1.807, 2.05) is 6.07 Å². The molecule has 36 heavy (non-hydrogen) atoms. The van der Waals surface area contributed by atoms with Crippen LogP contribution in [0.5, 0.6) is 0 Å². The summed E-state index contributed by atoms with van der Waals surface area (Å²) in [5.41, 5.74) is 0.751. The molecule has 12 nitrogen and oxygen atoms in total. The highest BCUT2D eigenvalue weighted by Gasteiger charge is 2.24. The molecule has 2 atom stereocenters. The fourth-order valence-corrected chi connectivity index (χ4v) is 4.51. The van der Waals surface area contributed by atoms with Crippen molar-refractivity contribution in [3.05, 3.63) is 57.8 Å². The van der Waals surface area contributed by atoms with Crippen LogP contribution in [0.1, 0.15) is 32.7 Å². The fraction of sp³-hybridized carbons (Fsp3) is 0.375. The van der Waals surface area contributed by atoms with E-state index in [1.165, 1.54) is 29.6 Å². The van der Waals surface area contributed by atoms with Crippen molar-refractivity contribution in [2.75, 3.05) is 16.8 Å². The number of amides is 1. The van der Waals surface area contributed by atoms with Gasteiger partial charge in [0.2, 0.25) is 11.9 Å². The Labute approximate surface area is 206 Å². The summed E-state index contributed by atoms with van der Waals surface area (Å²) in [4.78, 5) is 57.9. The van der Waals surface area contributed by atoms with Crippen molar-refractivity contribution < 1.29 is 4.79 Å². The Morgan fingerprint density at radius 2 is 1.86 bits per heavy atom. The third-order valence-electron chi connectivity index (χ3n) is 6.71. The maximum Gasteiger partial charge on any atom is 0.332 e. The van der Waals surface area contributed by atoms with Gasteiger partial charge in [0, 0.05) is 44.6 Å². The Hall–Kier alpha value is -4.35. The predicted octanol–water partition coefficient (Wildman–Crippen LogP) is 1.47. The van der Waals surface area contributed by atoms with Crippen molar-refractivity contribution in [3.63, 3.8) is 0 Å². The van der Waals surface area contributed by atoms with Gasteiger partial charge in [0.1, 0.15) is 11.9 Å². The van der Waals surface area contributed by atoms with E-state index in [1.54, 1.807) is 31.5 Å². The van der Waals surface area contributed by atoms with Crippen molar-refractivity contribution in [1.82, 2.24) is 33.6 Å². The number of nitrogens with one attached hydrogen (secondary N) is 1. The second kappa shape index (κ2) is 9.02. The quantitative estimate of drug-likeness (QED) is 0.446. The molecule has 1 aliphatic rings. The molecule has 1 aliphatic heterocycles. The number of rotatable bonds is 5. The molecule has 1 fully saturated rings. The Bertz CT molecular complexity index is 1570. The molecule has 0 saturated carbocycles. The summed E-state index contributed by atoms with van der Waals surface area (Å²) in [5, 5.41) is 2.80. The summed E-state index contributed by atoms with van der Waals surface area (Å²) in [6.45, 7) is 4.77. The van der Waals surface area contributed by atoms with E-state index in [-0.39, 0.29) is 17.1 Å². The lowest BCUT2D eigenvalue weighted by atomic mass is 10.2. The summed E-state index contributed by atoms with van der Waals surface area (Å²) >= 11 is 0. The predicted molar refractivity (Wildman–Crippen MR) is 135 cm³/mol. The minimum Gasteiger partial charge on any atom is -0.338 e. The Balaban J connectivity index is 1.37. The van der Waals surface area contributed by atoms with Gasteiger partial charge in [0.15, 0.2) is 11.2 Å². The minimum atomic E-state index is -0.782. The highest BCUT2D eigenvalue weighted by atomic mass is 16.2. The van der Waals surface area contributed by atoms with Crippen LogP contribution in [0.4, 0.5) is 11.8 Å². The van der Waals surface area contributed by atoms with Gasteiger partial charge in [-0.2, -0.15) is 0 Å². The van der Waals surface area contributed by atoms with Gasteiger partial charge in [-0.3, -0.25) is 18.7 Å². The zero-order valence-electron chi connectivity index (χ0n) is 20.5. The van der Waals surface area contributed by atoms with Gasteiger partial charge in [-0.15, -0.1) is 0 Å². The number of aryl methyl sites for hydroxylation is 1. The highest BCUT2D eigenvalue weighted by molar-refractivity contribution is 5.93. The van der Waals surface area contributed by atoms with Gasteiger partial charge < -0.3 is 14.8 Å². The molecule has 0 aromatic carbocycles. The number of hydrogen-bond donors (Lipinski definition) is 1. The standard InChI is InChI=1S/C24H27N9O3/c1-14-7-6-10-32(14)23-25-11-16(12-26-23)17-8-5-9-18(28-17)29-21(34)15(2)33-13-27-20-19(33)22(35)31(4)24(36)30(20)3/h5,8-9,11-15H,6-7,10H2,1-4H3,(H,28,29,34)/t14-,15?/m0/s1. The van der Waals surface area contributed by atoms with Crippen LogP contribution in [-0.4, -0.2) is 52.1 Å². The van der Waals surface area contributed by atoms with Crippen molar-refractivity contribution in [2.24, 2.45) is 14.1 Å². The molecule has 4 aromatic rings. The number of anilines is 2. The van der Waals surface area contributed by atoms with Crippen LogP contribution in [0.15, 0.2) is 46.5 Å². The maximum absolute atomic E-state index is 13.1. The lowest BCUT2D eigenvalue weighted by Crippen LogP contribution is -2.38. The van der Waals surface area contributed by atoms with Crippen LogP contribution in [0, 0.1) is 0 Å². The van der Waals surface area contributed by atoms with Crippen molar-refractivity contribution >= 4 is 28.8 Å². The zero-order chi connectivity index (χ0) is 25.6. The Morgan fingerprint density at radius 3 is 2.56 bits per heavy atom. The molecular formula is C24H27N9O3. The molecule has 1 saturated heterocycles. The van der Waals surface area contributed by atoms with E-state index in [9.17, 15) is 14.4 Å². The molecule has 5 rings (SSSR count). The van der Waals surface area contributed by atoms with Gasteiger partial charge in [0.25, 0.3) is 5.56 Å². The Morgan fingerprint density at radius 1 is 1.11 bits per heavy atom. The van der Waals surface area contributed by atoms with Crippen LogP contribution in [0.2, 0.25) is 0 Å². The van der Waals surface area contributed by atoms with E-state index in [0.717, 1.165) is 29.5 Å². The number of fused-ring (bicyclic) bond motifs is 1. The highest BCUT2D eigenvalue weighted by Crippen LogP contribution is 2.24. The summed E-state index contributed by atoms with van der Waals surface area (Å²) in [7, 11) is 2.92. The summed E-state index contributed by atoms with van der Waals surface area (Å²) in [5.74, 6) is 0.675. The largest absolute Gasteiger partial charge is 0.338 e. The molecule has 0 aliphatic carbocycles. The van der Waals surface area contributed by atoms with Gasteiger partial charge in [-0.05, 0) is 38.8 Å². The SMILES string of the molecule is CC(C(=O)Nc1cccc(-c2cnc(N3CCC[C@@H]3C)nc2)n1)n1cnc2c1c(=O)n(C)c(=O)n2C. The molecule has 0 bridgehead atoms. The number of imidazole rings is 1. The number of aromatic nitrogens is 7. The van der Waals surface area contributed by atoms with E-state index >= 15 is 0 Å². The summed E-state index contributed by atoms with van der Waals surface area (Å²) in [6, 6.07) is 4.94. The molecule has 1 N–H and O–H groups in total. The molecule has 1 amide bonds. The van der Waals surface area contributed by atoms with Crippen LogP contribution < -0.4 is 21.5 Å². The van der Waals surface area contributed by atoms with Crippen molar-refractivity contribution in [1.29, 1.82) is 0 Å². The molecule has 4 aromatic heterocycles. The van der Waals surface area contributed by atoms with Crippen molar-refractivity contribution in [2.45, 2.75) is 38.8 Å². The second-order valence-electron chi connectivity index (χ2n) is 9.06. The lowest BCUT2D eigenvalue weighted by Gasteiger charge is -2.21. The number of nitrogens with zero attached hydrogens (tertiary/aromatic N) is 8. The smallest absolute Gasteiger partial charge is 0.332 e. The average molecular weight is 490 g/mol. The third-order valence-corrected chi connectivity index (χ3v) is 6.71. The maximum atomic E-state index is 13.1. The number of carbonyl (C=O) groups is 1. The first-order valence-corrected chi connectivity index (χ1v) is 11.8. The van der Waals surface area contributed by atoms with Gasteiger partial charge >= 0.3 is 5.69 Å². The van der Waals surface area contributed by atoms with E-state index < -0.39 is 17.3 Å². The molecule has 0 radical (unpaired) electrons. The first-order valence-electron chi connectivity index (χ1n) is 11.8. The van der Waals surface area contributed by atoms with E-state index in [4.69, 9.17) is 0 Å². The number of pyridine rings is 1. The van der Waals surface area contributed by atoms with Gasteiger partial charge in [-0.25, -0.2) is 24.7 Å². The monoisotopic (exact) mass is 489 g/mol. The topological polar surface area (TPSA) is 133 Å². The molecule has 5 heterocycles. The van der Waals surface area contributed by atoms with Gasteiger partial charge in [-0.1, -0.05) is 6.07 Å². The molecule has 186 valence electrons. The fourth-order valence-electron chi connectivity index (χ4n) is 4.51. The number of hydrogen-bond acceptors (Lipinski definition) is 8. The van der Waals surface area contributed by atoms with Crippen molar-refractivity contribution in [3.8, 4) is 11.3 Å². The minimum absolute atomic E-state index is 0.175. The first kappa shape index (κ1) is 23.4. The molecule has 12 heteroatoms. The van der Waals surface area contributed by atoms with Crippen LogP contribution in [-0.2, 0) is 18.9 Å². The zero-order valence-corrected chi connectivity index (χ0v) is 20.5. The molecule has 1 unspecified atom stereocenters. The number of carbonyl (C=O) groups excluding carboxylic acids is 1. The third kappa shape index (κ3) is 3.93. The first-order chi connectivity index (χ1) is 17.3.